The number of aromatic nitrogens is 2. The van der Waals surface area contributed by atoms with E-state index in [1.54, 1.807) is 11.3 Å². The maximum Gasteiger partial charge on any atom is 0.175 e. The van der Waals surface area contributed by atoms with Gasteiger partial charge in [-0.05, 0) is 31.5 Å². The van der Waals surface area contributed by atoms with Crippen LogP contribution in [-0.4, -0.2) is 43.2 Å². The second-order valence-corrected chi connectivity index (χ2v) is 8.28. The number of piperazine rings is 1. The van der Waals surface area contributed by atoms with Gasteiger partial charge < -0.3 is 15.1 Å². The summed E-state index contributed by atoms with van der Waals surface area (Å²) in [6.45, 7) is 8.08. The molecule has 0 radical (unpaired) electrons. The number of anilines is 3. The summed E-state index contributed by atoms with van der Waals surface area (Å²) in [6, 6.07) is 10.3. The molecule has 0 saturated carbocycles. The number of likely N-dealkylation sites (N-methyl/N-ethyl adjacent to an activating group) is 1. The second kappa shape index (κ2) is 7.14. The van der Waals surface area contributed by atoms with Gasteiger partial charge in [0.2, 0.25) is 0 Å². The van der Waals surface area contributed by atoms with E-state index in [0.29, 0.717) is 5.56 Å². The van der Waals surface area contributed by atoms with Crippen molar-refractivity contribution in [1.29, 1.82) is 5.26 Å². The van der Waals surface area contributed by atoms with Gasteiger partial charge in [0.25, 0.3) is 0 Å². The zero-order chi connectivity index (χ0) is 19.0. The smallest absolute Gasteiger partial charge is 0.175 e. The number of para-hydroxylation sites is 2. The Morgan fingerprint density at radius 3 is 2.48 bits per heavy atom. The molecule has 1 saturated heterocycles. The molecule has 0 spiro atoms. The van der Waals surface area contributed by atoms with E-state index in [1.807, 2.05) is 38.1 Å². The molecule has 1 aromatic carbocycles. The summed E-state index contributed by atoms with van der Waals surface area (Å²) in [5.74, 6) is 1.60. The molecule has 0 bridgehead atoms. The molecule has 27 heavy (non-hydrogen) atoms. The van der Waals surface area contributed by atoms with Crippen molar-refractivity contribution in [2.75, 3.05) is 43.4 Å². The Kier molecular flexibility index (Phi) is 4.68. The summed E-state index contributed by atoms with van der Waals surface area (Å²) in [5.41, 5.74) is 3.47. The van der Waals surface area contributed by atoms with Crippen LogP contribution in [0, 0.1) is 25.2 Å². The van der Waals surface area contributed by atoms with Gasteiger partial charge in [0.05, 0.1) is 49.8 Å². The predicted octanol–water partition coefficient (Wildman–Crippen LogP) is 2.26. The molecule has 0 amide bonds. The number of hydrogen-bond acceptors (Lipinski definition) is 6. The highest BCUT2D eigenvalue weighted by Gasteiger charge is 2.23. The fraction of sp³-hybridized carbons (Fsp3) is 0.350. The summed E-state index contributed by atoms with van der Waals surface area (Å²) >= 11 is 1.60. The molecule has 0 atom stereocenters. The number of nitrogens with one attached hydrogen (secondary N) is 2. The van der Waals surface area contributed by atoms with Gasteiger partial charge in [0.1, 0.15) is 11.1 Å². The summed E-state index contributed by atoms with van der Waals surface area (Å²) in [5, 5.41) is 13.9. The first-order valence-electron chi connectivity index (χ1n) is 9.17. The number of fused-ring (bicyclic) bond motifs is 1. The lowest BCUT2D eigenvalue weighted by molar-refractivity contribution is -0.880. The van der Waals surface area contributed by atoms with Gasteiger partial charge in [-0.15, -0.1) is 11.3 Å². The standard InChI is InChI=1S/C20H22N6S/c1-13-14(2)27-20(15(13)12-21)24-18-19(26-10-8-25(3)9-11-26)23-17-7-5-4-6-16(17)22-18/h4-7H,8-11H2,1-3H3,(H,22,24)/p+1. The molecular weight excluding hydrogens is 356 g/mol. The average Bonchev–Trinajstić information content (AvgIpc) is 2.95. The van der Waals surface area contributed by atoms with Gasteiger partial charge in [0.15, 0.2) is 11.6 Å². The summed E-state index contributed by atoms with van der Waals surface area (Å²) in [6.07, 6.45) is 0. The van der Waals surface area contributed by atoms with Crippen LogP contribution in [0.4, 0.5) is 16.6 Å². The van der Waals surface area contributed by atoms with Crippen molar-refractivity contribution >= 4 is 39.0 Å². The molecular formula is C20H23N6S+. The summed E-state index contributed by atoms with van der Waals surface area (Å²) < 4.78 is 0. The zero-order valence-electron chi connectivity index (χ0n) is 15.8. The van der Waals surface area contributed by atoms with Crippen molar-refractivity contribution in [3.63, 3.8) is 0 Å². The van der Waals surface area contributed by atoms with Gasteiger partial charge >= 0.3 is 0 Å². The number of rotatable bonds is 3. The molecule has 3 heterocycles. The van der Waals surface area contributed by atoms with E-state index < -0.39 is 0 Å². The number of nitrogens with zero attached hydrogens (tertiary/aromatic N) is 4. The molecule has 2 aromatic heterocycles. The average molecular weight is 380 g/mol. The number of aryl methyl sites for hydroxylation is 1. The van der Waals surface area contributed by atoms with Crippen LogP contribution in [-0.2, 0) is 0 Å². The molecule has 1 aliphatic heterocycles. The monoisotopic (exact) mass is 379 g/mol. The van der Waals surface area contributed by atoms with E-state index in [4.69, 9.17) is 9.97 Å². The van der Waals surface area contributed by atoms with E-state index in [1.165, 1.54) is 4.90 Å². The third-order valence-corrected chi connectivity index (χ3v) is 6.32. The highest BCUT2D eigenvalue weighted by Crippen LogP contribution is 2.36. The van der Waals surface area contributed by atoms with Crippen LogP contribution >= 0.6 is 11.3 Å². The molecule has 2 N–H and O–H groups in total. The lowest BCUT2D eigenvalue weighted by Gasteiger charge is -2.31. The SMILES string of the molecule is Cc1sc(Nc2nc3ccccc3nc2N2CC[NH+](C)CC2)c(C#N)c1C. The Bertz CT molecular complexity index is 1030. The Hall–Kier alpha value is -2.69. The maximum atomic E-state index is 9.58. The normalized spacial score (nSPS) is 15.1. The first-order valence-corrected chi connectivity index (χ1v) is 9.98. The first kappa shape index (κ1) is 17.7. The predicted molar refractivity (Wildman–Crippen MR) is 110 cm³/mol. The van der Waals surface area contributed by atoms with Gasteiger partial charge in [-0.25, -0.2) is 9.97 Å². The molecule has 138 valence electrons. The number of benzene rings is 1. The number of hydrogen-bond donors (Lipinski definition) is 2. The summed E-state index contributed by atoms with van der Waals surface area (Å²) in [4.78, 5) is 14.8. The van der Waals surface area contributed by atoms with Crippen LogP contribution in [0.25, 0.3) is 11.0 Å². The molecule has 6 nitrogen and oxygen atoms in total. The minimum atomic E-state index is 0.696. The van der Waals surface area contributed by atoms with Crippen LogP contribution < -0.4 is 15.1 Å². The largest absolute Gasteiger partial charge is 0.342 e. The van der Waals surface area contributed by atoms with E-state index >= 15 is 0 Å². The van der Waals surface area contributed by atoms with Crippen LogP contribution in [0.3, 0.4) is 0 Å². The highest BCUT2D eigenvalue weighted by atomic mass is 32.1. The molecule has 4 rings (SSSR count). The minimum Gasteiger partial charge on any atom is -0.342 e. The van der Waals surface area contributed by atoms with Crippen LogP contribution in [0.15, 0.2) is 24.3 Å². The zero-order valence-corrected chi connectivity index (χ0v) is 16.7. The fourth-order valence-corrected chi connectivity index (χ4v) is 4.36. The van der Waals surface area contributed by atoms with E-state index in [-0.39, 0.29) is 0 Å². The molecule has 1 aliphatic rings. The Morgan fingerprint density at radius 1 is 1.15 bits per heavy atom. The molecule has 7 heteroatoms. The first-order chi connectivity index (χ1) is 13.1. The fourth-order valence-electron chi connectivity index (χ4n) is 3.35. The Morgan fingerprint density at radius 2 is 1.81 bits per heavy atom. The van der Waals surface area contributed by atoms with Crippen LogP contribution in [0.2, 0.25) is 0 Å². The van der Waals surface area contributed by atoms with Crippen molar-refractivity contribution < 1.29 is 4.90 Å². The number of quaternary nitrogens is 1. The minimum absolute atomic E-state index is 0.696. The molecule has 1 fully saturated rings. The number of thiophene rings is 1. The van der Waals surface area contributed by atoms with Gasteiger partial charge in [-0.1, -0.05) is 12.1 Å². The second-order valence-electron chi connectivity index (χ2n) is 7.05. The third-order valence-electron chi connectivity index (χ3n) is 5.20. The van der Waals surface area contributed by atoms with Crippen molar-refractivity contribution in [1.82, 2.24) is 9.97 Å². The van der Waals surface area contributed by atoms with E-state index in [0.717, 1.165) is 64.3 Å². The highest BCUT2D eigenvalue weighted by molar-refractivity contribution is 7.16. The van der Waals surface area contributed by atoms with Crippen molar-refractivity contribution in [2.24, 2.45) is 0 Å². The Labute approximate surface area is 163 Å². The van der Waals surface area contributed by atoms with Crippen LogP contribution in [0.1, 0.15) is 16.0 Å². The molecule has 0 unspecified atom stereocenters. The maximum absolute atomic E-state index is 9.58. The molecule has 0 aliphatic carbocycles. The lowest BCUT2D eigenvalue weighted by atomic mass is 10.2. The van der Waals surface area contributed by atoms with Crippen molar-refractivity contribution in [3.8, 4) is 6.07 Å². The molecule has 3 aromatic rings. The topological polar surface area (TPSA) is 69.3 Å². The Balaban J connectivity index is 1.80. The summed E-state index contributed by atoms with van der Waals surface area (Å²) in [7, 11) is 2.22. The van der Waals surface area contributed by atoms with Gasteiger partial charge in [-0.2, -0.15) is 5.26 Å². The third kappa shape index (κ3) is 3.34. The number of nitriles is 1. The van der Waals surface area contributed by atoms with Crippen LogP contribution in [0.5, 0.6) is 0 Å². The lowest BCUT2D eigenvalue weighted by Crippen LogP contribution is -3.12. The van der Waals surface area contributed by atoms with Crippen molar-refractivity contribution in [3.05, 3.63) is 40.3 Å². The van der Waals surface area contributed by atoms with E-state index in [9.17, 15) is 5.26 Å². The van der Waals surface area contributed by atoms with Crippen molar-refractivity contribution in [2.45, 2.75) is 13.8 Å². The van der Waals surface area contributed by atoms with E-state index in [2.05, 4.69) is 23.3 Å². The van der Waals surface area contributed by atoms with Gasteiger partial charge in [-0.3, -0.25) is 0 Å². The van der Waals surface area contributed by atoms with Gasteiger partial charge in [0, 0.05) is 4.88 Å². The quantitative estimate of drug-likeness (QED) is 0.731.